The van der Waals surface area contributed by atoms with E-state index < -0.39 is 5.60 Å². The van der Waals surface area contributed by atoms with Crippen molar-refractivity contribution in [1.29, 1.82) is 0 Å². The van der Waals surface area contributed by atoms with Gasteiger partial charge in [-0.25, -0.2) is 0 Å². The summed E-state index contributed by atoms with van der Waals surface area (Å²) in [4.78, 5) is 12.8. The van der Waals surface area contributed by atoms with E-state index in [9.17, 15) is 9.90 Å². The van der Waals surface area contributed by atoms with Crippen molar-refractivity contribution in [3.8, 4) is 5.75 Å². The van der Waals surface area contributed by atoms with Crippen molar-refractivity contribution in [2.45, 2.75) is 86.2 Å². The number of hydrogen-bond acceptors (Lipinski definition) is 3. The summed E-state index contributed by atoms with van der Waals surface area (Å²) in [5.74, 6) is 1.29. The Hall–Kier alpha value is -2.33. The van der Waals surface area contributed by atoms with Crippen LogP contribution in [0.3, 0.4) is 0 Å². The molecule has 174 valence electrons. The highest BCUT2D eigenvalue weighted by atomic mass is 16.5. The van der Waals surface area contributed by atoms with Crippen LogP contribution in [0.1, 0.15) is 100 Å². The van der Waals surface area contributed by atoms with E-state index in [0.717, 1.165) is 33.7 Å². The van der Waals surface area contributed by atoms with Crippen LogP contribution in [0.4, 0.5) is 5.69 Å². The number of ether oxygens (including phenoxy) is 1. The van der Waals surface area contributed by atoms with Crippen molar-refractivity contribution in [1.82, 2.24) is 0 Å². The van der Waals surface area contributed by atoms with Crippen LogP contribution in [0.15, 0.2) is 24.3 Å². The van der Waals surface area contributed by atoms with Gasteiger partial charge in [0.2, 0.25) is 5.91 Å². The first-order chi connectivity index (χ1) is 14.7. The molecule has 3 rings (SSSR count). The lowest BCUT2D eigenvalue weighted by atomic mass is 9.82. The number of aliphatic hydroxyl groups is 1. The summed E-state index contributed by atoms with van der Waals surface area (Å²) in [5.41, 5.74) is 5.79. The molecule has 1 atom stereocenters. The molecule has 2 aromatic carbocycles. The number of benzene rings is 2. The Labute approximate surface area is 193 Å². The third-order valence-corrected chi connectivity index (χ3v) is 6.32. The van der Waals surface area contributed by atoms with Crippen molar-refractivity contribution in [2.24, 2.45) is 5.41 Å². The zero-order chi connectivity index (χ0) is 24.0. The number of hydrogen-bond donors (Lipinski definition) is 2. The van der Waals surface area contributed by atoms with Gasteiger partial charge < -0.3 is 15.2 Å². The van der Waals surface area contributed by atoms with E-state index in [-0.39, 0.29) is 17.2 Å². The molecule has 0 unspecified atom stereocenters. The smallest absolute Gasteiger partial charge is 0.224 e. The highest BCUT2D eigenvalue weighted by molar-refractivity contribution is 5.94. The molecule has 1 aliphatic rings. The normalized spacial score (nSPS) is 16.2. The Bertz CT molecular complexity index is 1010. The lowest BCUT2D eigenvalue weighted by Gasteiger charge is -2.28. The maximum absolute atomic E-state index is 12.8. The molecular weight excluding hydrogens is 398 g/mol. The summed E-state index contributed by atoms with van der Waals surface area (Å²) in [5, 5.41) is 14.2. The van der Waals surface area contributed by atoms with Gasteiger partial charge >= 0.3 is 0 Å². The Morgan fingerprint density at radius 1 is 1.09 bits per heavy atom. The average Bonchev–Trinajstić information content (AvgIpc) is 3.07. The van der Waals surface area contributed by atoms with Crippen LogP contribution in [0, 0.1) is 19.3 Å². The number of anilines is 1. The second-order valence-electron chi connectivity index (χ2n) is 11.3. The molecule has 0 saturated heterocycles. The zero-order valence-electron chi connectivity index (χ0n) is 21.1. The highest BCUT2D eigenvalue weighted by Crippen LogP contribution is 2.50. The first kappa shape index (κ1) is 24.3. The second kappa shape index (κ2) is 8.55. The summed E-state index contributed by atoms with van der Waals surface area (Å²) in [7, 11) is 0. The number of amides is 1. The zero-order valence-corrected chi connectivity index (χ0v) is 21.1. The van der Waals surface area contributed by atoms with Gasteiger partial charge in [0.25, 0.3) is 0 Å². The maximum Gasteiger partial charge on any atom is 0.224 e. The van der Waals surface area contributed by atoms with Gasteiger partial charge in [0.1, 0.15) is 5.75 Å². The Morgan fingerprint density at radius 3 is 2.19 bits per heavy atom. The first-order valence-electron chi connectivity index (χ1n) is 11.6. The number of fused-ring (bicyclic) bond motifs is 1. The van der Waals surface area contributed by atoms with Crippen molar-refractivity contribution >= 4 is 11.6 Å². The lowest BCUT2D eigenvalue weighted by Crippen LogP contribution is -2.24. The summed E-state index contributed by atoms with van der Waals surface area (Å²) < 4.78 is 6.23. The van der Waals surface area contributed by atoms with E-state index in [2.05, 4.69) is 71.1 Å². The van der Waals surface area contributed by atoms with Crippen LogP contribution in [0.25, 0.3) is 0 Å². The third kappa shape index (κ3) is 4.85. The van der Waals surface area contributed by atoms with Crippen LogP contribution < -0.4 is 10.1 Å². The van der Waals surface area contributed by atoms with Gasteiger partial charge in [-0.15, -0.1) is 0 Å². The minimum Gasteiger partial charge on any atom is -0.492 e. The minimum absolute atomic E-state index is 0.0119. The first-order valence-corrected chi connectivity index (χ1v) is 11.6. The van der Waals surface area contributed by atoms with Crippen molar-refractivity contribution in [3.63, 3.8) is 0 Å². The number of rotatable bonds is 5. The summed E-state index contributed by atoms with van der Waals surface area (Å²) in [6, 6.07) is 8.73. The molecule has 4 nitrogen and oxygen atoms in total. The molecule has 2 N–H and O–H groups in total. The van der Waals surface area contributed by atoms with Crippen molar-refractivity contribution in [3.05, 3.63) is 57.6 Å². The minimum atomic E-state index is -1.10. The predicted octanol–water partition coefficient (Wildman–Crippen LogP) is 6.55. The SMILES string of the molecule is Cc1c(NC(=O)CC(C)(C)C)c(C)c(C(C)(C)O)c2c1[C@@H](c1ccc(C(C)C)cc1)CO2. The monoisotopic (exact) mass is 437 g/mol. The average molecular weight is 438 g/mol. The van der Waals surface area contributed by atoms with Crippen molar-refractivity contribution < 1.29 is 14.6 Å². The fourth-order valence-corrected chi connectivity index (χ4v) is 4.80. The molecule has 32 heavy (non-hydrogen) atoms. The van der Waals surface area contributed by atoms with Crippen LogP contribution in [0.5, 0.6) is 5.75 Å². The molecule has 4 heteroatoms. The van der Waals surface area contributed by atoms with E-state index in [0.29, 0.717) is 18.9 Å². The molecular formula is C28H39NO3. The van der Waals surface area contributed by atoms with E-state index >= 15 is 0 Å². The van der Waals surface area contributed by atoms with Crippen molar-refractivity contribution in [2.75, 3.05) is 11.9 Å². The Balaban J connectivity index is 2.14. The standard InChI is InChI=1S/C28H39NO3/c1-16(2)19-10-12-20(13-11-19)21-15-32-26-23(21)17(3)25(18(4)24(26)28(8,9)31)29-22(30)14-27(5,6)7/h10-13,16,21,31H,14-15H2,1-9H3,(H,29,30)/t21-/m1/s1. The van der Waals surface area contributed by atoms with Crippen LogP contribution >= 0.6 is 0 Å². The Morgan fingerprint density at radius 2 is 1.69 bits per heavy atom. The van der Waals surface area contributed by atoms with Crippen LogP contribution in [-0.2, 0) is 10.4 Å². The van der Waals surface area contributed by atoms with Gasteiger partial charge in [-0.2, -0.15) is 0 Å². The predicted molar refractivity (Wildman–Crippen MR) is 132 cm³/mol. The van der Waals surface area contributed by atoms with Gasteiger partial charge in [-0.1, -0.05) is 58.9 Å². The summed E-state index contributed by atoms with van der Waals surface area (Å²) in [6.45, 7) is 18.7. The van der Waals surface area contributed by atoms with Gasteiger partial charge in [-0.3, -0.25) is 4.79 Å². The molecule has 0 aromatic heterocycles. The van der Waals surface area contributed by atoms with Gasteiger partial charge in [0.05, 0.1) is 12.2 Å². The van der Waals surface area contributed by atoms with Gasteiger partial charge in [0, 0.05) is 29.2 Å². The van der Waals surface area contributed by atoms with E-state index in [1.807, 2.05) is 6.92 Å². The quantitative estimate of drug-likeness (QED) is 0.557. The van der Waals surface area contributed by atoms with Gasteiger partial charge in [-0.05, 0) is 61.3 Å². The molecule has 0 fully saturated rings. The Kier molecular flexibility index (Phi) is 6.50. The molecule has 1 heterocycles. The lowest BCUT2D eigenvalue weighted by molar-refractivity contribution is -0.117. The molecule has 0 bridgehead atoms. The number of carbonyl (C=O) groups excluding carboxylic acids is 1. The van der Waals surface area contributed by atoms with Crippen LogP contribution in [-0.4, -0.2) is 17.6 Å². The van der Waals surface area contributed by atoms with Crippen LogP contribution in [0.2, 0.25) is 0 Å². The molecule has 0 aliphatic carbocycles. The van der Waals surface area contributed by atoms with E-state index in [1.54, 1.807) is 13.8 Å². The van der Waals surface area contributed by atoms with E-state index in [1.165, 1.54) is 11.1 Å². The highest BCUT2D eigenvalue weighted by Gasteiger charge is 2.37. The summed E-state index contributed by atoms with van der Waals surface area (Å²) in [6.07, 6.45) is 0.428. The molecule has 0 spiro atoms. The molecule has 0 saturated carbocycles. The van der Waals surface area contributed by atoms with E-state index in [4.69, 9.17) is 4.74 Å². The maximum atomic E-state index is 12.8. The molecule has 1 aliphatic heterocycles. The molecule has 0 radical (unpaired) electrons. The topological polar surface area (TPSA) is 58.6 Å². The fraction of sp³-hybridized carbons (Fsp3) is 0.536. The molecule has 2 aromatic rings. The third-order valence-electron chi connectivity index (χ3n) is 6.32. The second-order valence-corrected chi connectivity index (χ2v) is 11.3. The number of nitrogens with one attached hydrogen (secondary N) is 1. The summed E-state index contributed by atoms with van der Waals surface area (Å²) >= 11 is 0. The fourth-order valence-electron chi connectivity index (χ4n) is 4.80. The number of carbonyl (C=O) groups is 1. The largest absolute Gasteiger partial charge is 0.492 e. The van der Waals surface area contributed by atoms with Gasteiger partial charge in [0.15, 0.2) is 0 Å². The molecule has 1 amide bonds.